The molecule has 1 aromatic heterocycles. The maximum absolute atomic E-state index is 4.56. The summed E-state index contributed by atoms with van der Waals surface area (Å²) in [5, 5.41) is 3.35. The molecule has 0 saturated heterocycles. The van der Waals surface area contributed by atoms with Gasteiger partial charge in [-0.2, -0.15) is 0 Å². The fourth-order valence-corrected chi connectivity index (χ4v) is 2.47. The maximum atomic E-state index is 4.56. The van der Waals surface area contributed by atoms with Crippen molar-refractivity contribution in [3.8, 4) is 11.3 Å². The van der Waals surface area contributed by atoms with Crippen molar-refractivity contribution < 1.29 is 0 Å². The molecule has 3 nitrogen and oxygen atoms in total. The largest absolute Gasteiger partial charge is 0.370 e. The van der Waals surface area contributed by atoms with Crippen LogP contribution in [0, 0.1) is 13.8 Å². The summed E-state index contributed by atoms with van der Waals surface area (Å²) < 4.78 is 0. The molecule has 1 N–H and O–H groups in total. The first kappa shape index (κ1) is 14.5. The zero-order valence-electron chi connectivity index (χ0n) is 13.0. The average molecular weight is 269 g/mol. The van der Waals surface area contributed by atoms with Crippen LogP contribution in [0.15, 0.2) is 24.5 Å². The van der Waals surface area contributed by atoms with Crippen molar-refractivity contribution in [2.24, 2.45) is 0 Å². The highest BCUT2D eigenvalue weighted by molar-refractivity contribution is 5.72. The van der Waals surface area contributed by atoms with E-state index < -0.39 is 0 Å². The van der Waals surface area contributed by atoms with Crippen LogP contribution in [0.1, 0.15) is 43.4 Å². The van der Waals surface area contributed by atoms with Gasteiger partial charge in [0.25, 0.3) is 0 Å². The smallest absolute Gasteiger partial charge is 0.133 e. The number of nitrogens with zero attached hydrogens (tertiary/aromatic N) is 2. The van der Waals surface area contributed by atoms with Gasteiger partial charge in [-0.05, 0) is 37.8 Å². The molecular formula is C17H23N3. The number of aromatic nitrogens is 2. The second kappa shape index (κ2) is 6.04. The molecule has 0 saturated carbocycles. The second-order valence-electron chi connectivity index (χ2n) is 5.42. The summed E-state index contributed by atoms with van der Waals surface area (Å²) >= 11 is 0. The lowest BCUT2D eigenvalue weighted by Crippen LogP contribution is -2.08. The predicted octanol–water partition coefficient (Wildman–Crippen LogP) is 4.32. The maximum Gasteiger partial charge on any atom is 0.133 e. The van der Waals surface area contributed by atoms with Crippen molar-refractivity contribution in [2.75, 3.05) is 11.9 Å². The molecule has 1 aromatic carbocycles. The van der Waals surface area contributed by atoms with Gasteiger partial charge in [-0.3, -0.25) is 0 Å². The highest BCUT2D eigenvalue weighted by Gasteiger charge is 2.17. The van der Waals surface area contributed by atoms with Gasteiger partial charge in [-0.15, -0.1) is 0 Å². The highest BCUT2D eigenvalue weighted by Crippen LogP contribution is 2.34. The van der Waals surface area contributed by atoms with Crippen molar-refractivity contribution >= 4 is 5.82 Å². The first-order chi connectivity index (χ1) is 9.56. The molecule has 0 unspecified atom stereocenters. The predicted molar refractivity (Wildman–Crippen MR) is 85.2 cm³/mol. The molecule has 106 valence electrons. The van der Waals surface area contributed by atoms with E-state index in [-0.39, 0.29) is 0 Å². The average Bonchev–Trinajstić information content (AvgIpc) is 2.42. The molecule has 0 amide bonds. The van der Waals surface area contributed by atoms with Gasteiger partial charge in [0.2, 0.25) is 0 Å². The van der Waals surface area contributed by atoms with Gasteiger partial charge >= 0.3 is 0 Å². The topological polar surface area (TPSA) is 37.8 Å². The minimum absolute atomic E-state index is 0.375. The highest BCUT2D eigenvalue weighted by atomic mass is 15.0. The van der Waals surface area contributed by atoms with Crippen molar-refractivity contribution in [1.82, 2.24) is 9.97 Å². The Labute approximate surface area is 121 Å². The number of nitrogens with one attached hydrogen (secondary N) is 1. The molecule has 0 bridgehead atoms. The lowest BCUT2D eigenvalue weighted by atomic mass is 9.93. The van der Waals surface area contributed by atoms with Crippen LogP contribution >= 0.6 is 0 Å². The summed E-state index contributed by atoms with van der Waals surface area (Å²) in [5.41, 5.74) is 6.03. The molecule has 0 radical (unpaired) electrons. The molecule has 1 heterocycles. The molecule has 0 fully saturated rings. The molecular weight excluding hydrogens is 246 g/mol. The number of benzene rings is 1. The molecule has 3 heteroatoms. The Morgan fingerprint density at radius 2 is 1.90 bits per heavy atom. The van der Waals surface area contributed by atoms with E-state index in [9.17, 15) is 0 Å². The molecule has 0 spiro atoms. The first-order valence-electron chi connectivity index (χ1n) is 7.21. The lowest BCUT2D eigenvalue weighted by Gasteiger charge is -2.18. The van der Waals surface area contributed by atoms with Crippen LogP contribution in [-0.4, -0.2) is 16.5 Å². The molecule has 2 rings (SSSR count). The quantitative estimate of drug-likeness (QED) is 0.898. The third kappa shape index (κ3) is 2.67. The van der Waals surface area contributed by atoms with Gasteiger partial charge in [-0.25, -0.2) is 9.97 Å². The van der Waals surface area contributed by atoms with Crippen LogP contribution in [0.25, 0.3) is 11.3 Å². The van der Waals surface area contributed by atoms with E-state index in [1.54, 1.807) is 6.33 Å². The SMILES string of the molecule is CCNc1ncnc(-c2cccc(C)c2C)c1C(C)C. The number of hydrogen-bond donors (Lipinski definition) is 1. The Kier molecular flexibility index (Phi) is 4.38. The van der Waals surface area contributed by atoms with Crippen molar-refractivity contribution in [2.45, 2.75) is 40.5 Å². The summed E-state index contributed by atoms with van der Waals surface area (Å²) in [5.74, 6) is 1.33. The van der Waals surface area contributed by atoms with Crippen LogP contribution < -0.4 is 5.32 Å². The Morgan fingerprint density at radius 3 is 2.55 bits per heavy atom. The van der Waals surface area contributed by atoms with Crippen molar-refractivity contribution in [3.63, 3.8) is 0 Å². The van der Waals surface area contributed by atoms with E-state index in [4.69, 9.17) is 0 Å². The summed E-state index contributed by atoms with van der Waals surface area (Å²) in [7, 11) is 0. The van der Waals surface area contributed by atoms with Crippen LogP contribution in [0.4, 0.5) is 5.82 Å². The van der Waals surface area contributed by atoms with E-state index >= 15 is 0 Å². The Bertz CT molecular complexity index is 603. The lowest BCUT2D eigenvalue weighted by molar-refractivity contribution is 0.849. The fourth-order valence-electron chi connectivity index (χ4n) is 2.47. The normalized spacial score (nSPS) is 10.9. The monoisotopic (exact) mass is 269 g/mol. The van der Waals surface area contributed by atoms with Gasteiger partial charge < -0.3 is 5.32 Å². The van der Waals surface area contributed by atoms with Gasteiger partial charge in [-0.1, -0.05) is 32.0 Å². The first-order valence-corrected chi connectivity index (χ1v) is 7.21. The van der Waals surface area contributed by atoms with Crippen molar-refractivity contribution in [3.05, 3.63) is 41.2 Å². The minimum atomic E-state index is 0.375. The van der Waals surface area contributed by atoms with E-state index in [0.29, 0.717) is 5.92 Å². The number of hydrogen-bond acceptors (Lipinski definition) is 3. The summed E-state index contributed by atoms with van der Waals surface area (Å²) in [4.78, 5) is 8.97. The Hall–Kier alpha value is -1.90. The van der Waals surface area contributed by atoms with E-state index in [0.717, 1.165) is 18.1 Å². The summed E-state index contributed by atoms with van der Waals surface area (Å²) in [6.45, 7) is 11.6. The molecule has 0 atom stereocenters. The van der Waals surface area contributed by atoms with E-state index in [2.05, 4.69) is 68.1 Å². The van der Waals surface area contributed by atoms with Crippen LogP contribution in [0.5, 0.6) is 0 Å². The second-order valence-corrected chi connectivity index (χ2v) is 5.42. The van der Waals surface area contributed by atoms with Crippen LogP contribution in [0.3, 0.4) is 0 Å². The fraction of sp³-hybridized carbons (Fsp3) is 0.412. The number of rotatable bonds is 4. The molecule has 2 aromatic rings. The number of aryl methyl sites for hydroxylation is 1. The van der Waals surface area contributed by atoms with Gasteiger partial charge in [0, 0.05) is 17.7 Å². The molecule has 20 heavy (non-hydrogen) atoms. The van der Waals surface area contributed by atoms with Crippen molar-refractivity contribution in [1.29, 1.82) is 0 Å². The zero-order chi connectivity index (χ0) is 14.7. The van der Waals surface area contributed by atoms with E-state index in [1.807, 2.05) is 0 Å². The van der Waals surface area contributed by atoms with Crippen LogP contribution in [-0.2, 0) is 0 Å². The summed E-state index contributed by atoms with van der Waals surface area (Å²) in [6.07, 6.45) is 1.65. The third-order valence-corrected chi connectivity index (χ3v) is 3.67. The molecule has 0 aliphatic carbocycles. The van der Waals surface area contributed by atoms with Gasteiger partial charge in [0.05, 0.1) is 5.69 Å². The minimum Gasteiger partial charge on any atom is -0.370 e. The Balaban J connectivity index is 2.67. The van der Waals surface area contributed by atoms with Crippen LogP contribution in [0.2, 0.25) is 0 Å². The van der Waals surface area contributed by atoms with Gasteiger partial charge in [0.1, 0.15) is 12.1 Å². The summed E-state index contributed by atoms with van der Waals surface area (Å²) in [6, 6.07) is 6.38. The standard InChI is InChI=1S/C17H23N3/c1-6-18-17-15(11(2)3)16(19-10-20-17)14-9-7-8-12(4)13(14)5/h7-11H,6H2,1-5H3,(H,18,19,20). The number of anilines is 1. The molecule has 0 aliphatic heterocycles. The third-order valence-electron chi connectivity index (χ3n) is 3.67. The van der Waals surface area contributed by atoms with Gasteiger partial charge in [0.15, 0.2) is 0 Å². The van der Waals surface area contributed by atoms with E-state index in [1.165, 1.54) is 22.3 Å². The Morgan fingerprint density at radius 1 is 1.15 bits per heavy atom. The molecule has 0 aliphatic rings. The zero-order valence-corrected chi connectivity index (χ0v) is 13.0.